The van der Waals surface area contributed by atoms with Crippen LogP contribution in [0.25, 0.3) is 0 Å². The molecule has 0 radical (unpaired) electrons. The summed E-state index contributed by atoms with van der Waals surface area (Å²) in [5, 5.41) is 0. The van der Waals surface area contributed by atoms with Crippen LogP contribution in [0.2, 0.25) is 0 Å². The van der Waals surface area contributed by atoms with Crippen molar-refractivity contribution in [3.63, 3.8) is 0 Å². The first kappa shape index (κ1) is 52.6. The molecule has 1 heterocycles. The minimum Gasteiger partial charge on any atom is -0.287 e. The summed E-state index contributed by atoms with van der Waals surface area (Å²) in [6.07, 6.45) is 3.64. The molecule has 2 nitrogen and oxygen atoms in total. The van der Waals surface area contributed by atoms with Gasteiger partial charge in [-0.15, -0.1) is 21.9 Å². The molecule has 5 aromatic carbocycles. The summed E-state index contributed by atoms with van der Waals surface area (Å²) in [6.45, 7) is 2.67. The van der Waals surface area contributed by atoms with E-state index in [1.807, 2.05) is 42.6 Å². The van der Waals surface area contributed by atoms with Crippen LogP contribution >= 0.6 is 0 Å². The van der Waals surface area contributed by atoms with E-state index >= 15 is 35.1 Å². The number of carbonyl (C=O) groups excluding carboxylic acids is 1. The van der Waals surface area contributed by atoms with Crippen molar-refractivity contribution >= 4 is 33.8 Å². The number of rotatable bonds is 14. The number of aryl methyl sites for hydroxylation is 1. The zero-order valence-electron chi connectivity index (χ0n) is 34.3. The highest BCUT2D eigenvalue weighted by molar-refractivity contribution is 7.20. The maximum atomic E-state index is 15.4. The second kappa shape index (κ2) is 21.3. The van der Waals surface area contributed by atoms with Crippen LogP contribution < -0.4 is 26.4 Å². The Morgan fingerprint density at radius 2 is 0.676 bits per heavy atom. The van der Waals surface area contributed by atoms with Crippen molar-refractivity contribution in [3.8, 4) is 0 Å². The second-order valence-corrected chi connectivity index (χ2v) is 14.9. The number of unbranched alkanes of at least 4 members (excludes halogenated alkanes) is 5. The lowest BCUT2D eigenvalue weighted by atomic mass is 9.12. The molecule has 0 saturated carbocycles. The Labute approximate surface area is 371 Å². The molecular formula is C45H28BF20NO. The molecule has 362 valence electrons. The van der Waals surface area contributed by atoms with Gasteiger partial charge in [-0.2, -0.15) is 4.57 Å². The predicted molar refractivity (Wildman–Crippen MR) is 204 cm³/mol. The Morgan fingerprint density at radius 1 is 0.382 bits per heavy atom. The number of nitrogens with zero attached hydrogens (tertiary/aromatic N) is 1. The Balaban J connectivity index is 0.000000314. The maximum absolute atomic E-state index is 15.4. The van der Waals surface area contributed by atoms with Crippen molar-refractivity contribution in [1.29, 1.82) is 0 Å². The monoisotopic (exact) mass is 989 g/mol. The van der Waals surface area contributed by atoms with E-state index in [0.29, 0.717) is 6.54 Å². The van der Waals surface area contributed by atoms with Crippen LogP contribution in [0.3, 0.4) is 0 Å². The number of pyridine rings is 1. The van der Waals surface area contributed by atoms with Gasteiger partial charge in [-0.05, 0) is 6.42 Å². The summed E-state index contributed by atoms with van der Waals surface area (Å²) in [5.74, 6) is -71.2. The third-order valence-electron chi connectivity index (χ3n) is 10.9. The fraction of sp³-hybridized carbons (Fsp3) is 0.200. The normalized spacial score (nSPS) is 11.5. The molecule has 0 N–H and O–H groups in total. The minimum absolute atomic E-state index is 0.172. The van der Waals surface area contributed by atoms with Gasteiger partial charge >= 0.3 is 0 Å². The Kier molecular flexibility index (Phi) is 16.4. The fourth-order valence-corrected chi connectivity index (χ4v) is 7.72. The van der Waals surface area contributed by atoms with Gasteiger partial charge in [-0.1, -0.05) is 75.4 Å². The quantitative estimate of drug-likeness (QED) is 0.0203. The maximum Gasteiger partial charge on any atom is 0.227 e. The molecule has 0 aliphatic heterocycles. The van der Waals surface area contributed by atoms with Gasteiger partial charge in [-0.25, -0.2) is 87.8 Å². The lowest BCUT2D eigenvalue weighted by Gasteiger charge is -2.44. The molecule has 0 aliphatic rings. The molecule has 23 heteroatoms. The molecule has 0 unspecified atom stereocenters. The van der Waals surface area contributed by atoms with E-state index in [-0.39, 0.29) is 5.78 Å². The summed E-state index contributed by atoms with van der Waals surface area (Å²) in [4.78, 5) is 12.4. The number of ketones is 1. The van der Waals surface area contributed by atoms with E-state index in [2.05, 4.69) is 23.6 Å². The van der Waals surface area contributed by atoms with Crippen LogP contribution in [0, 0.1) is 116 Å². The van der Waals surface area contributed by atoms with Gasteiger partial charge in [0.2, 0.25) is 12.3 Å². The highest BCUT2D eigenvalue weighted by Gasteiger charge is 2.52. The minimum atomic E-state index is -7.22. The van der Waals surface area contributed by atoms with E-state index in [0.717, 1.165) is 12.0 Å². The lowest BCUT2D eigenvalue weighted by molar-refractivity contribution is -0.690. The van der Waals surface area contributed by atoms with Crippen LogP contribution in [0.5, 0.6) is 0 Å². The first-order chi connectivity index (χ1) is 32.0. The van der Waals surface area contributed by atoms with Crippen molar-refractivity contribution in [2.45, 2.75) is 58.4 Å². The summed E-state index contributed by atoms with van der Waals surface area (Å²) in [7, 11) is 0. The first-order valence-corrected chi connectivity index (χ1v) is 19.8. The van der Waals surface area contributed by atoms with Gasteiger partial charge < -0.3 is 0 Å². The molecule has 6 rings (SSSR count). The van der Waals surface area contributed by atoms with Gasteiger partial charge in [0.25, 0.3) is 0 Å². The molecule has 0 bridgehead atoms. The number of hydrogen-bond acceptors (Lipinski definition) is 1. The SMILES string of the molecule is CCCCCCCCc1cccc[n+]1CC(=O)c1ccccc1.Fc1c(F)c(F)c([B-](c2c(F)c(F)c(F)c(F)c2F)(c2c(F)c(F)c(F)c(F)c2F)c2c(F)c(F)c(F)c(F)c2F)c(F)c1F. The van der Waals surface area contributed by atoms with E-state index in [9.17, 15) is 57.5 Å². The van der Waals surface area contributed by atoms with E-state index in [1.165, 1.54) is 44.2 Å². The molecule has 6 aromatic rings. The molecule has 0 atom stereocenters. The Morgan fingerprint density at radius 3 is 1.01 bits per heavy atom. The van der Waals surface area contributed by atoms with Crippen LogP contribution in [0.15, 0.2) is 54.7 Å². The summed E-state index contributed by atoms with van der Waals surface area (Å²) in [5.41, 5.74) is -12.3. The molecule has 0 spiro atoms. The number of halogens is 20. The molecular weight excluding hydrogens is 961 g/mol. The second-order valence-electron chi connectivity index (χ2n) is 14.9. The summed E-state index contributed by atoms with van der Waals surface area (Å²) >= 11 is 0. The van der Waals surface area contributed by atoms with Crippen molar-refractivity contribution < 1.29 is 97.2 Å². The van der Waals surface area contributed by atoms with Gasteiger partial charge in [0.15, 0.2) is 81.7 Å². The molecule has 0 aliphatic carbocycles. The highest BCUT2D eigenvalue weighted by Crippen LogP contribution is 2.31. The van der Waals surface area contributed by atoms with Crippen molar-refractivity contribution in [3.05, 3.63) is 182 Å². The largest absolute Gasteiger partial charge is 0.287 e. The van der Waals surface area contributed by atoms with Crippen molar-refractivity contribution in [2.75, 3.05) is 0 Å². The topological polar surface area (TPSA) is 20.9 Å². The van der Waals surface area contributed by atoms with E-state index in [1.54, 1.807) is 0 Å². The van der Waals surface area contributed by atoms with Crippen molar-refractivity contribution in [2.24, 2.45) is 0 Å². The molecule has 0 fully saturated rings. The van der Waals surface area contributed by atoms with Gasteiger partial charge in [0.1, 0.15) is 52.7 Å². The third-order valence-corrected chi connectivity index (χ3v) is 10.9. The first-order valence-electron chi connectivity index (χ1n) is 19.8. The van der Waals surface area contributed by atoms with Crippen LogP contribution in [0.1, 0.15) is 61.5 Å². The van der Waals surface area contributed by atoms with E-state index in [4.69, 9.17) is 0 Å². The van der Waals surface area contributed by atoms with Crippen LogP contribution in [0.4, 0.5) is 87.8 Å². The standard InChI is InChI=1S/C24BF20.C21H28NO/c26-5-1(6(27)14(35)21(42)13(5)34)25(2-7(28)15(36)22(43)16(37)8(2)29,3-9(30)17(38)23(44)18(39)10(3)31)4-11(32)19(40)24(45)20(41)12(4)33;1-2-3-4-5-6-10-15-20-16-11-12-17-22(20)18-21(23)19-13-8-7-9-14-19/h;7-9,11-14,16-17H,2-6,10,15,18H2,1H3/q-1;+1. The van der Waals surface area contributed by atoms with E-state index < -0.39 is 144 Å². The summed E-state index contributed by atoms with van der Waals surface area (Å²) in [6, 6.07) is 15.8. The molecule has 1 aromatic heterocycles. The molecule has 68 heavy (non-hydrogen) atoms. The van der Waals surface area contributed by atoms with Crippen LogP contribution in [-0.2, 0) is 13.0 Å². The predicted octanol–water partition coefficient (Wildman–Crippen LogP) is 10.6. The van der Waals surface area contributed by atoms with Crippen LogP contribution in [-0.4, -0.2) is 11.9 Å². The van der Waals surface area contributed by atoms with Gasteiger partial charge in [-0.3, -0.25) is 4.79 Å². The zero-order valence-corrected chi connectivity index (χ0v) is 34.3. The lowest BCUT2D eigenvalue weighted by Crippen LogP contribution is -2.81. The smallest absolute Gasteiger partial charge is 0.227 e. The molecule has 0 amide bonds. The number of aromatic nitrogens is 1. The Bertz CT molecular complexity index is 2510. The number of carbonyl (C=O) groups is 1. The fourth-order valence-electron chi connectivity index (χ4n) is 7.72. The number of Topliss-reactive ketones (excluding diaryl/α,β-unsaturated/α-hetero) is 1. The molecule has 0 saturated heterocycles. The number of benzene rings is 5. The zero-order chi connectivity index (χ0) is 50.7. The average molecular weight is 989 g/mol. The summed E-state index contributed by atoms with van der Waals surface area (Å²) < 4.78 is 296. The van der Waals surface area contributed by atoms with Gasteiger partial charge in [0.05, 0.1) is 0 Å². The van der Waals surface area contributed by atoms with Crippen molar-refractivity contribution in [1.82, 2.24) is 0 Å². The average Bonchev–Trinajstić information content (AvgIpc) is 3.33. The van der Waals surface area contributed by atoms with Gasteiger partial charge in [0, 0.05) is 24.1 Å². The Hall–Kier alpha value is -6.42. The highest BCUT2D eigenvalue weighted by atomic mass is 19.2. The third kappa shape index (κ3) is 9.26. The number of hydrogen-bond donors (Lipinski definition) is 0.